The number of thiazole rings is 1. The molecule has 1 atom stereocenters. The molecule has 0 spiro atoms. The van der Waals surface area contributed by atoms with Gasteiger partial charge in [-0.2, -0.15) is 0 Å². The minimum Gasteiger partial charge on any atom is -0.271 e. The zero-order valence-corrected chi connectivity index (χ0v) is 7.68. The fourth-order valence-electron chi connectivity index (χ4n) is 1.35. The van der Waals surface area contributed by atoms with Gasteiger partial charge in [-0.15, -0.1) is 11.3 Å². The van der Waals surface area contributed by atoms with Crippen molar-refractivity contribution in [3.8, 4) is 0 Å². The summed E-state index contributed by atoms with van der Waals surface area (Å²) >= 11 is 1.67. The Morgan fingerprint density at radius 3 is 3.08 bits per heavy atom. The molecular weight excluding hydrogens is 170 g/mol. The Morgan fingerprint density at radius 2 is 2.58 bits per heavy atom. The van der Waals surface area contributed by atoms with Crippen molar-refractivity contribution in [2.24, 2.45) is 11.8 Å². The zero-order valence-electron chi connectivity index (χ0n) is 6.86. The van der Waals surface area contributed by atoms with E-state index in [-0.39, 0.29) is 0 Å². The Labute approximate surface area is 76.0 Å². The summed E-state index contributed by atoms with van der Waals surface area (Å²) in [5.74, 6) is 6.37. The van der Waals surface area contributed by atoms with Gasteiger partial charge in [0.15, 0.2) is 0 Å². The minimum absolute atomic E-state index is 0.324. The van der Waals surface area contributed by atoms with Crippen LogP contribution in [0.4, 0.5) is 0 Å². The summed E-state index contributed by atoms with van der Waals surface area (Å²) in [5, 5.41) is 0. The minimum atomic E-state index is 0.324. The highest BCUT2D eigenvalue weighted by Crippen LogP contribution is 2.37. The number of aromatic nitrogens is 1. The predicted molar refractivity (Wildman–Crippen MR) is 49.5 cm³/mol. The smallest absolute Gasteiger partial charge is 0.0794 e. The summed E-state index contributed by atoms with van der Waals surface area (Å²) in [6.07, 6.45) is 5.81. The molecule has 0 aromatic carbocycles. The van der Waals surface area contributed by atoms with Gasteiger partial charge in [-0.05, 0) is 12.3 Å². The van der Waals surface area contributed by atoms with Gasteiger partial charge in [-0.3, -0.25) is 16.3 Å². The van der Waals surface area contributed by atoms with E-state index in [2.05, 4.69) is 10.4 Å². The summed E-state index contributed by atoms with van der Waals surface area (Å²) in [6.45, 7) is 0. The number of nitrogens with two attached hydrogens (primary N) is 1. The largest absolute Gasteiger partial charge is 0.271 e. The topological polar surface area (TPSA) is 50.9 Å². The Balaban J connectivity index is 1.97. The maximum absolute atomic E-state index is 5.47. The van der Waals surface area contributed by atoms with Crippen LogP contribution in [-0.4, -0.2) is 4.98 Å². The van der Waals surface area contributed by atoms with Gasteiger partial charge in [-0.1, -0.05) is 12.8 Å². The van der Waals surface area contributed by atoms with Crippen molar-refractivity contribution in [1.29, 1.82) is 0 Å². The van der Waals surface area contributed by atoms with E-state index in [1.54, 1.807) is 11.3 Å². The third kappa shape index (κ3) is 1.83. The van der Waals surface area contributed by atoms with E-state index in [1.807, 2.05) is 11.7 Å². The van der Waals surface area contributed by atoms with Crippen LogP contribution in [-0.2, 0) is 0 Å². The van der Waals surface area contributed by atoms with E-state index in [9.17, 15) is 0 Å². The summed E-state index contributed by atoms with van der Waals surface area (Å²) in [4.78, 5) is 5.30. The number of nitrogens with one attached hydrogen (secondary N) is 1. The van der Waals surface area contributed by atoms with Crippen molar-refractivity contribution in [3.05, 3.63) is 16.6 Å². The molecule has 0 radical (unpaired) electrons. The molecule has 0 saturated heterocycles. The SMILES string of the molecule is NNC(CC1CC1)c1cncs1. The van der Waals surface area contributed by atoms with Crippen molar-refractivity contribution >= 4 is 11.3 Å². The molecule has 12 heavy (non-hydrogen) atoms. The van der Waals surface area contributed by atoms with Crippen LogP contribution in [0.25, 0.3) is 0 Å². The number of rotatable bonds is 4. The van der Waals surface area contributed by atoms with Gasteiger partial charge < -0.3 is 0 Å². The van der Waals surface area contributed by atoms with E-state index in [0.717, 1.165) is 5.92 Å². The first-order valence-electron chi connectivity index (χ1n) is 4.24. The fourth-order valence-corrected chi connectivity index (χ4v) is 2.04. The van der Waals surface area contributed by atoms with Crippen LogP contribution in [0.15, 0.2) is 11.7 Å². The lowest BCUT2D eigenvalue weighted by atomic mass is 10.1. The summed E-state index contributed by atoms with van der Waals surface area (Å²) in [7, 11) is 0. The van der Waals surface area contributed by atoms with Crippen LogP contribution in [0.3, 0.4) is 0 Å². The highest BCUT2D eigenvalue weighted by Gasteiger charge is 2.26. The molecule has 2 rings (SSSR count). The predicted octanol–water partition coefficient (Wildman–Crippen LogP) is 1.45. The molecule has 4 heteroatoms. The highest BCUT2D eigenvalue weighted by atomic mass is 32.1. The normalized spacial score (nSPS) is 19.4. The molecular formula is C8H13N3S. The van der Waals surface area contributed by atoms with Crippen LogP contribution >= 0.6 is 11.3 Å². The summed E-state index contributed by atoms with van der Waals surface area (Å²) in [6, 6.07) is 0.324. The summed E-state index contributed by atoms with van der Waals surface area (Å²) in [5.41, 5.74) is 4.70. The van der Waals surface area contributed by atoms with E-state index in [4.69, 9.17) is 5.84 Å². The maximum Gasteiger partial charge on any atom is 0.0794 e. The van der Waals surface area contributed by atoms with E-state index < -0.39 is 0 Å². The van der Waals surface area contributed by atoms with E-state index >= 15 is 0 Å². The average molecular weight is 183 g/mol. The first-order valence-corrected chi connectivity index (χ1v) is 5.12. The van der Waals surface area contributed by atoms with Gasteiger partial charge in [-0.25, -0.2) is 0 Å². The number of hydrazine groups is 1. The molecule has 1 aliphatic rings. The van der Waals surface area contributed by atoms with Crippen molar-refractivity contribution in [1.82, 2.24) is 10.4 Å². The molecule has 0 bridgehead atoms. The lowest BCUT2D eigenvalue weighted by Gasteiger charge is -2.12. The zero-order chi connectivity index (χ0) is 8.39. The van der Waals surface area contributed by atoms with Crippen LogP contribution in [0.5, 0.6) is 0 Å². The Bertz CT molecular complexity index is 230. The van der Waals surface area contributed by atoms with Gasteiger partial charge in [0.25, 0.3) is 0 Å². The molecule has 0 amide bonds. The van der Waals surface area contributed by atoms with Crippen molar-refractivity contribution in [3.63, 3.8) is 0 Å². The van der Waals surface area contributed by atoms with Crippen LogP contribution in [0.2, 0.25) is 0 Å². The first-order chi connectivity index (χ1) is 5.90. The molecule has 1 unspecified atom stereocenters. The van der Waals surface area contributed by atoms with Crippen molar-refractivity contribution < 1.29 is 0 Å². The molecule has 0 aliphatic heterocycles. The third-order valence-corrected chi connectivity index (χ3v) is 3.15. The molecule has 1 aliphatic carbocycles. The molecule has 3 N–H and O–H groups in total. The first kappa shape index (κ1) is 8.16. The Morgan fingerprint density at radius 1 is 1.75 bits per heavy atom. The van der Waals surface area contributed by atoms with Gasteiger partial charge in [0.2, 0.25) is 0 Å². The van der Waals surface area contributed by atoms with E-state index in [1.165, 1.54) is 24.1 Å². The molecule has 1 aromatic rings. The van der Waals surface area contributed by atoms with Crippen LogP contribution in [0, 0.1) is 5.92 Å². The second kappa shape index (κ2) is 3.51. The van der Waals surface area contributed by atoms with Gasteiger partial charge in [0, 0.05) is 11.1 Å². The molecule has 1 aromatic heterocycles. The lowest BCUT2D eigenvalue weighted by molar-refractivity contribution is 0.493. The van der Waals surface area contributed by atoms with Crippen molar-refractivity contribution in [2.45, 2.75) is 25.3 Å². The van der Waals surface area contributed by atoms with Gasteiger partial charge >= 0.3 is 0 Å². The van der Waals surface area contributed by atoms with Crippen LogP contribution < -0.4 is 11.3 Å². The van der Waals surface area contributed by atoms with Gasteiger partial charge in [0.05, 0.1) is 11.6 Å². The standard InChI is InChI=1S/C8H13N3S/c9-11-7(3-6-1-2-6)8-4-10-5-12-8/h4-7,11H,1-3,9H2. The molecule has 1 saturated carbocycles. The highest BCUT2D eigenvalue weighted by molar-refractivity contribution is 7.09. The number of hydrogen-bond acceptors (Lipinski definition) is 4. The lowest BCUT2D eigenvalue weighted by Crippen LogP contribution is -2.27. The third-order valence-electron chi connectivity index (χ3n) is 2.26. The second-order valence-corrected chi connectivity index (χ2v) is 4.22. The monoisotopic (exact) mass is 183 g/mol. The Kier molecular flexibility index (Phi) is 2.39. The molecule has 66 valence electrons. The quantitative estimate of drug-likeness (QED) is 0.548. The number of nitrogens with zero attached hydrogens (tertiary/aromatic N) is 1. The average Bonchev–Trinajstić information content (AvgIpc) is 2.74. The molecule has 1 heterocycles. The van der Waals surface area contributed by atoms with E-state index in [0.29, 0.717) is 6.04 Å². The number of hydrogen-bond donors (Lipinski definition) is 2. The fraction of sp³-hybridized carbons (Fsp3) is 0.625. The second-order valence-electron chi connectivity index (χ2n) is 3.30. The maximum atomic E-state index is 5.47. The van der Waals surface area contributed by atoms with Crippen molar-refractivity contribution in [2.75, 3.05) is 0 Å². The molecule has 1 fully saturated rings. The Hall–Kier alpha value is -0.450. The molecule has 3 nitrogen and oxygen atoms in total. The summed E-state index contributed by atoms with van der Waals surface area (Å²) < 4.78 is 0. The van der Waals surface area contributed by atoms with Crippen LogP contribution in [0.1, 0.15) is 30.2 Å². The van der Waals surface area contributed by atoms with Gasteiger partial charge in [0.1, 0.15) is 0 Å².